The average Bonchev–Trinajstić information content (AvgIpc) is 2.54. The number of amides is 1. The van der Waals surface area contributed by atoms with E-state index in [1.54, 1.807) is 4.90 Å². The molecule has 0 saturated carbocycles. The van der Waals surface area contributed by atoms with E-state index in [0.29, 0.717) is 18.1 Å². The van der Waals surface area contributed by atoms with E-state index < -0.39 is 11.0 Å². The maximum absolute atomic E-state index is 13.1. The molecule has 0 saturated heterocycles. The molecule has 0 bridgehead atoms. The van der Waals surface area contributed by atoms with Crippen molar-refractivity contribution in [2.45, 2.75) is 33.2 Å². The lowest BCUT2D eigenvalue weighted by atomic mass is 10.0. The van der Waals surface area contributed by atoms with Crippen LogP contribution in [0.15, 0.2) is 27.6 Å². The first-order chi connectivity index (χ1) is 12.1. The first-order valence-electron chi connectivity index (χ1n) is 8.47. The summed E-state index contributed by atoms with van der Waals surface area (Å²) < 4.78 is 5.49. The molecule has 1 aromatic carbocycles. The summed E-state index contributed by atoms with van der Waals surface area (Å²) >= 11 is 12.1. The molecular weight excluding hydrogens is 375 g/mol. The molecule has 0 aliphatic rings. The third-order valence-electron chi connectivity index (χ3n) is 4.32. The Morgan fingerprint density at radius 1 is 1.19 bits per heavy atom. The van der Waals surface area contributed by atoms with Gasteiger partial charge in [0.05, 0.1) is 10.4 Å². The number of nitrogens with zero attached hydrogens (tertiary/aromatic N) is 2. The summed E-state index contributed by atoms with van der Waals surface area (Å²) in [5.41, 5.74) is -0.673. The van der Waals surface area contributed by atoms with Crippen LogP contribution in [0.5, 0.6) is 0 Å². The minimum absolute atomic E-state index is 0.0232. The minimum Gasteiger partial charge on any atom is -0.462 e. The fourth-order valence-corrected chi connectivity index (χ4v) is 3.17. The van der Waals surface area contributed by atoms with Crippen molar-refractivity contribution in [3.05, 3.63) is 44.2 Å². The number of carbonyl (C=O) groups excluding carboxylic acids is 1. The zero-order valence-corrected chi connectivity index (χ0v) is 17.2. The first kappa shape index (κ1) is 20.7. The maximum atomic E-state index is 13.1. The lowest BCUT2D eigenvalue weighted by molar-refractivity contribution is 0.0556. The van der Waals surface area contributed by atoms with E-state index in [2.05, 4.69) is 11.8 Å². The fraction of sp³-hybridized carbons (Fsp3) is 0.474. The van der Waals surface area contributed by atoms with Crippen LogP contribution < -0.4 is 5.43 Å². The Balaban J connectivity index is 2.49. The predicted molar refractivity (Wildman–Crippen MR) is 106 cm³/mol. The molecule has 1 amide bonds. The third kappa shape index (κ3) is 4.40. The van der Waals surface area contributed by atoms with Crippen LogP contribution in [0.3, 0.4) is 0 Å². The summed E-state index contributed by atoms with van der Waals surface area (Å²) in [5.74, 6) is -0.367. The molecule has 2 aromatic rings. The molecule has 1 aromatic heterocycles. The molecule has 1 heterocycles. The highest BCUT2D eigenvalue weighted by molar-refractivity contribution is 6.38. The highest BCUT2D eigenvalue weighted by Crippen LogP contribution is 2.27. The van der Waals surface area contributed by atoms with Crippen molar-refractivity contribution in [3.63, 3.8) is 0 Å². The normalized spacial score (nSPS) is 12.0. The van der Waals surface area contributed by atoms with Gasteiger partial charge in [0.1, 0.15) is 11.8 Å². The van der Waals surface area contributed by atoms with Gasteiger partial charge in [-0.3, -0.25) is 9.59 Å². The quantitative estimate of drug-likeness (QED) is 0.753. The number of likely N-dealkylation sites (N-methyl/N-ethyl adjacent to an activating group) is 1. The standard InChI is InChI=1S/C19H24Cl2N2O3/c1-6-22(5)7-8-23(19(2,3)4)18(25)14-11-26-17-13(16(14)24)9-12(20)10-15(17)21/h9-11H,6-8H2,1-5H3. The third-order valence-corrected chi connectivity index (χ3v) is 4.82. The summed E-state index contributed by atoms with van der Waals surface area (Å²) in [4.78, 5) is 29.8. The van der Waals surface area contributed by atoms with E-state index in [1.807, 2.05) is 27.8 Å². The number of rotatable bonds is 5. The number of fused-ring (bicyclic) bond motifs is 1. The molecule has 7 heteroatoms. The van der Waals surface area contributed by atoms with Crippen LogP contribution in [-0.2, 0) is 0 Å². The van der Waals surface area contributed by atoms with Crippen LogP contribution in [-0.4, -0.2) is 47.9 Å². The Kier molecular flexibility index (Phi) is 6.37. The summed E-state index contributed by atoms with van der Waals surface area (Å²) in [6.45, 7) is 9.94. The highest BCUT2D eigenvalue weighted by Gasteiger charge is 2.30. The number of hydrogen-bond acceptors (Lipinski definition) is 4. The second-order valence-electron chi connectivity index (χ2n) is 7.27. The van der Waals surface area contributed by atoms with Crippen LogP contribution in [0.25, 0.3) is 11.0 Å². The summed E-state index contributed by atoms with van der Waals surface area (Å²) in [5, 5.41) is 0.755. The molecule has 0 unspecified atom stereocenters. The van der Waals surface area contributed by atoms with Crippen LogP contribution in [0, 0.1) is 0 Å². The fourth-order valence-electron chi connectivity index (χ4n) is 2.63. The highest BCUT2D eigenvalue weighted by atomic mass is 35.5. The Morgan fingerprint density at radius 2 is 1.85 bits per heavy atom. The monoisotopic (exact) mass is 398 g/mol. The lowest BCUT2D eigenvalue weighted by Gasteiger charge is -2.36. The van der Waals surface area contributed by atoms with Gasteiger partial charge in [-0.1, -0.05) is 30.1 Å². The Labute approximate surface area is 163 Å². The van der Waals surface area contributed by atoms with E-state index in [4.69, 9.17) is 27.6 Å². The van der Waals surface area contributed by atoms with E-state index in [0.717, 1.165) is 6.54 Å². The van der Waals surface area contributed by atoms with Crippen molar-refractivity contribution in [1.29, 1.82) is 0 Å². The number of halogens is 2. The van der Waals surface area contributed by atoms with E-state index in [-0.39, 0.29) is 27.5 Å². The van der Waals surface area contributed by atoms with E-state index in [1.165, 1.54) is 18.4 Å². The SMILES string of the molecule is CCN(C)CCN(C(=O)c1coc2c(Cl)cc(Cl)cc2c1=O)C(C)(C)C. The van der Waals surface area contributed by atoms with Gasteiger partial charge in [-0.05, 0) is 46.5 Å². The van der Waals surface area contributed by atoms with E-state index in [9.17, 15) is 9.59 Å². The molecule has 0 fully saturated rings. The second kappa shape index (κ2) is 7.99. The van der Waals surface area contributed by atoms with Gasteiger partial charge in [0.2, 0.25) is 5.43 Å². The second-order valence-corrected chi connectivity index (χ2v) is 8.11. The Morgan fingerprint density at radius 3 is 2.42 bits per heavy atom. The summed E-state index contributed by atoms with van der Waals surface area (Å²) in [6, 6.07) is 2.97. The van der Waals surface area contributed by atoms with Crippen molar-refractivity contribution < 1.29 is 9.21 Å². The van der Waals surface area contributed by atoms with Crippen LogP contribution in [0.1, 0.15) is 38.1 Å². The van der Waals surface area contributed by atoms with Crippen molar-refractivity contribution in [2.24, 2.45) is 0 Å². The molecule has 5 nitrogen and oxygen atoms in total. The number of carbonyl (C=O) groups is 1. The smallest absolute Gasteiger partial charge is 0.261 e. The number of hydrogen-bond donors (Lipinski definition) is 0. The minimum atomic E-state index is -0.445. The van der Waals surface area contributed by atoms with Gasteiger partial charge in [0.15, 0.2) is 5.58 Å². The molecule has 2 rings (SSSR count). The van der Waals surface area contributed by atoms with Crippen LogP contribution >= 0.6 is 23.2 Å². The van der Waals surface area contributed by atoms with Gasteiger partial charge in [0, 0.05) is 23.7 Å². The lowest BCUT2D eigenvalue weighted by Crippen LogP contribution is -2.49. The maximum Gasteiger partial charge on any atom is 0.261 e. The molecular formula is C19H24Cl2N2O3. The van der Waals surface area contributed by atoms with Gasteiger partial charge >= 0.3 is 0 Å². The van der Waals surface area contributed by atoms with Gasteiger partial charge in [-0.15, -0.1) is 0 Å². The van der Waals surface area contributed by atoms with Crippen LogP contribution in [0.2, 0.25) is 10.0 Å². The summed E-state index contributed by atoms with van der Waals surface area (Å²) in [6.07, 6.45) is 1.19. The van der Waals surface area contributed by atoms with Crippen molar-refractivity contribution in [3.8, 4) is 0 Å². The summed E-state index contributed by atoms with van der Waals surface area (Å²) in [7, 11) is 1.99. The Bertz CT molecular complexity index is 871. The molecule has 0 atom stereocenters. The molecule has 142 valence electrons. The molecule has 0 aliphatic heterocycles. The van der Waals surface area contributed by atoms with Gasteiger partial charge in [-0.25, -0.2) is 0 Å². The largest absolute Gasteiger partial charge is 0.462 e. The predicted octanol–water partition coefficient (Wildman–Crippen LogP) is 4.29. The van der Waals surface area contributed by atoms with Gasteiger partial charge in [0.25, 0.3) is 5.91 Å². The van der Waals surface area contributed by atoms with Gasteiger partial charge in [-0.2, -0.15) is 0 Å². The van der Waals surface area contributed by atoms with Crippen molar-refractivity contribution >= 4 is 40.1 Å². The topological polar surface area (TPSA) is 53.8 Å². The van der Waals surface area contributed by atoms with Crippen molar-refractivity contribution in [2.75, 3.05) is 26.7 Å². The van der Waals surface area contributed by atoms with Crippen molar-refractivity contribution in [1.82, 2.24) is 9.80 Å². The molecule has 26 heavy (non-hydrogen) atoms. The average molecular weight is 399 g/mol. The van der Waals surface area contributed by atoms with Crippen LogP contribution in [0.4, 0.5) is 0 Å². The molecule has 0 radical (unpaired) electrons. The zero-order chi connectivity index (χ0) is 19.6. The molecule has 0 N–H and O–H groups in total. The Hall–Kier alpha value is -1.56. The zero-order valence-electron chi connectivity index (χ0n) is 15.7. The molecule has 0 aliphatic carbocycles. The molecule has 0 spiro atoms. The van der Waals surface area contributed by atoms with E-state index >= 15 is 0 Å². The number of benzene rings is 1. The van der Waals surface area contributed by atoms with Gasteiger partial charge < -0.3 is 14.2 Å². The first-order valence-corrected chi connectivity index (χ1v) is 9.23.